The Morgan fingerprint density at radius 1 is 1.23 bits per heavy atom. The first-order valence-electron chi connectivity index (χ1n) is 6.61. The highest BCUT2D eigenvalue weighted by Crippen LogP contribution is 2.08. The van der Waals surface area contributed by atoms with Crippen molar-refractivity contribution >= 4 is 15.9 Å². The molecule has 0 unspecified atom stereocenters. The summed E-state index contributed by atoms with van der Waals surface area (Å²) >= 11 is 0. The van der Waals surface area contributed by atoms with Crippen molar-refractivity contribution in [1.82, 2.24) is 15.3 Å². The molecule has 1 aromatic carbocycles. The zero-order valence-electron chi connectivity index (χ0n) is 12.0. The summed E-state index contributed by atoms with van der Waals surface area (Å²) < 4.78 is 22.3. The van der Waals surface area contributed by atoms with Gasteiger partial charge in [-0.15, -0.1) is 0 Å². The van der Waals surface area contributed by atoms with Crippen LogP contribution in [0.3, 0.4) is 0 Å². The molecule has 1 amide bonds. The van der Waals surface area contributed by atoms with Crippen LogP contribution >= 0.6 is 0 Å². The third-order valence-corrected chi connectivity index (χ3v) is 3.95. The molecular formula is C14H16N4O3S. The number of nitrogens with one attached hydrogen (secondary N) is 1. The average molecular weight is 320 g/mol. The smallest absolute Gasteiger partial charge is 0.270 e. The van der Waals surface area contributed by atoms with Crippen molar-refractivity contribution in [2.75, 3.05) is 0 Å². The lowest BCUT2D eigenvalue weighted by molar-refractivity contribution is 0.0945. The number of nitrogens with two attached hydrogens (primary N) is 1. The summed E-state index contributed by atoms with van der Waals surface area (Å²) in [5.74, 6) is -0.312. The molecule has 0 aliphatic heterocycles. The van der Waals surface area contributed by atoms with Crippen LogP contribution in [0.25, 0.3) is 0 Å². The SMILES string of the molecule is CCc1cc(C(=O)NCc2ccc(S(N)(=O)=O)cc2)ncn1. The highest BCUT2D eigenvalue weighted by molar-refractivity contribution is 7.89. The van der Waals surface area contributed by atoms with E-state index in [1.165, 1.54) is 18.5 Å². The van der Waals surface area contributed by atoms with Crippen molar-refractivity contribution in [2.24, 2.45) is 5.14 Å². The second-order valence-corrected chi connectivity index (χ2v) is 6.18. The van der Waals surface area contributed by atoms with E-state index in [1.807, 2.05) is 6.92 Å². The number of carbonyl (C=O) groups is 1. The van der Waals surface area contributed by atoms with E-state index in [-0.39, 0.29) is 17.3 Å². The van der Waals surface area contributed by atoms with Crippen LogP contribution in [-0.2, 0) is 23.0 Å². The first kappa shape index (κ1) is 16.1. The molecule has 0 aliphatic rings. The van der Waals surface area contributed by atoms with Gasteiger partial charge in [-0.25, -0.2) is 23.5 Å². The second kappa shape index (κ2) is 6.63. The molecule has 2 aromatic rings. The highest BCUT2D eigenvalue weighted by Gasteiger charge is 2.09. The van der Waals surface area contributed by atoms with E-state index in [0.717, 1.165) is 17.7 Å². The Hall–Kier alpha value is -2.32. The van der Waals surface area contributed by atoms with Gasteiger partial charge in [0.25, 0.3) is 5.91 Å². The maximum Gasteiger partial charge on any atom is 0.270 e. The van der Waals surface area contributed by atoms with Gasteiger partial charge in [-0.2, -0.15) is 0 Å². The predicted octanol–water partition coefficient (Wildman–Crippen LogP) is 0.616. The molecule has 1 heterocycles. The molecule has 0 fully saturated rings. The normalized spacial score (nSPS) is 11.2. The Morgan fingerprint density at radius 3 is 2.50 bits per heavy atom. The van der Waals surface area contributed by atoms with E-state index in [4.69, 9.17) is 5.14 Å². The predicted molar refractivity (Wildman–Crippen MR) is 80.4 cm³/mol. The fourth-order valence-electron chi connectivity index (χ4n) is 1.78. The lowest BCUT2D eigenvalue weighted by atomic mass is 10.2. The van der Waals surface area contributed by atoms with Crippen LogP contribution in [0.1, 0.15) is 28.7 Å². The fourth-order valence-corrected chi connectivity index (χ4v) is 2.30. The Kier molecular flexibility index (Phi) is 4.84. The van der Waals surface area contributed by atoms with Gasteiger partial charge in [0.2, 0.25) is 10.0 Å². The molecule has 0 saturated heterocycles. The third kappa shape index (κ3) is 4.09. The molecule has 8 heteroatoms. The fraction of sp³-hybridized carbons (Fsp3) is 0.214. The number of aryl methyl sites for hydroxylation is 1. The number of amides is 1. The van der Waals surface area contributed by atoms with Crippen LogP contribution in [0.4, 0.5) is 0 Å². The number of hydrogen-bond acceptors (Lipinski definition) is 5. The van der Waals surface area contributed by atoms with E-state index >= 15 is 0 Å². The molecular weight excluding hydrogens is 304 g/mol. The molecule has 22 heavy (non-hydrogen) atoms. The van der Waals surface area contributed by atoms with Crippen molar-refractivity contribution in [1.29, 1.82) is 0 Å². The molecule has 116 valence electrons. The van der Waals surface area contributed by atoms with Gasteiger partial charge in [-0.1, -0.05) is 19.1 Å². The topological polar surface area (TPSA) is 115 Å². The first-order valence-corrected chi connectivity index (χ1v) is 8.15. The summed E-state index contributed by atoms with van der Waals surface area (Å²) in [7, 11) is -3.71. The quantitative estimate of drug-likeness (QED) is 0.838. The number of rotatable bonds is 5. The summed E-state index contributed by atoms with van der Waals surface area (Å²) in [6, 6.07) is 7.63. The minimum absolute atomic E-state index is 0.0333. The standard InChI is InChI=1S/C14H16N4O3S/c1-2-11-7-13(18-9-17-11)14(19)16-8-10-3-5-12(6-4-10)22(15,20)21/h3-7,9H,2,8H2,1H3,(H,16,19)(H2,15,20,21). The van der Waals surface area contributed by atoms with Gasteiger partial charge in [-0.3, -0.25) is 4.79 Å². The lowest BCUT2D eigenvalue weighted by Gasteiger charge is -2.06. The summed E-state index contributed by atoms with van der Waals surface area (Å²) in [6.07, 6.45) is 2.08. The van der Waals surface area contributed by atoms with Crippen LogP contribution in [0, 0.1) is 0 Å². The monoisotopic (exact) mass is 320 g/mol. The van der Waals surface area contributed by atoms with Crippen LogP contribution in [-0.4, -0.2) is 24.3 Å². The minimum Gasteiger partial charge on any atom is -0.347 e. The van der Waals surface area contributed by atoms with Gasteiger partial charge < -0.3 is 5.32 Å². The summed E-state index contributed by atoms with van der Waals surface area (Å²) in [5.41, 5.74) is 1.84. The second-order valence-electron chi connectivity index (χ2n) is 4.62. The number of benzene rings is 1. The average Bonchev–Trinajstić information content (AvgIpc) is 2.52. The van der Waals surface area contributed by atoms with E-state index in [2.05, 4.69) is 15.3 Å². The Labute approximate surface area is 128 Å². The van der Waals surface area contributed by atoms with Gasteiger partial charge in [0, 0.05) is 12.2 Å². The molecule has 0 atom stereocenters. The van der Waals surface area contributed by atoms with E-state index in [1.54, 1.807) is 18.2 Å². The van der Waals surface area contributed by atoms with Crippen molar-refractivity contribution in [2.45, 2.75) is 24.8 Å². The Balaban J connectivity index is 2.02. The molecule has 0 saturated carbocycles. The summed E-state index contributed by atoms with van der Waals surface area (Å²) in [5, 5.41) is 7.74. The van der Waals surface area contributed by atoms with Crippen LogP contribution < -0.4 is 10.5 Å². The lowest BCUT2D eigenvalue weighted by Crippen LogP contribution is -2.24. The van der Waals surface area contributed by atoms with Gasteiger partial charge >= 0.3 is 0 Å². The van der Waals surface area contributed by atoms with Crippen molar-refractivity contribution in [3.8, 4) is 0 Å². The summed E-state index contributed by atoms with van der Waals surface area (Å²) in [4.78, 5) is 20.0. The number of nitrogens with zero attached hydrogens (tertiary/aromatic N) is 2. The number of primary sulfonamides is 1. The molecule has 0 radical (unpaired) electrons. The van der Waals surface area contributed by atoms with Crippen LogP contribution in [0.15, 0.2) is 41.6 Å². The molecule has 0 bridgehead atoms. The molecule has 2 rings (SSSR count). The third-order valence-electron chi connectivity index (χ3n) is 3.02. The molecule has 0 aliphatic carbocycles. The number of hydrogen-bond donors (Lipinski definition) is 2. The number of aromatic nitrogens is 2. The molecule has 7 nitrogen and oxygen atoms in total. The van der Waals surface area contributed by atoms with E-state index in [9.17, 15) is 13.2 Å². The zero-order valence-corrected chi connectivity index (χ0v) is 12.8. The Bertz CT molecular complexity index is 773. The number of sulfonamides is 1. The van der Waals surface area contributed by atoms with Crippen molar-refractivity contribution < 1.29 is 13.2 Å². The molecule has 0 spiro atoms. The Morgan fingerprint density at radius 2 is 1.91 bits per heavy atom. The maximum atomic E-state index is 12.0. The summed E-state index contributed by atoms with van der Waals surface area (Å²) in [6.45, 7) is 2.20. The van der Waals surface area contributed by atoms with Crippen molar-refractivity contribution in [3.63, 3.8) is 0 Å². The maximum absolute atomic E-state index is 12.0. The van der Waals surface area contributed by atoms with Gasteiger partial charge in [0.15, 0.2) is 0 Å². The van der Waals surface area contributed by atoms with Crippen LogP contribution in [0.2, 0.25) is 0 Å². The largest absolute Gasteiger partial charge is 0.347 e. The number of carbonyl (C=O) groups excluding carboxylic acids is 1. The molecule has 1 aromatic heterocycles. The molecule has 3 N–H and O–H groups in total. The van der Waals surface area contributed by atoms with Gasteiger partial charge in [-0.05, 0) is 30.2 Å². The van der Waals surface area contributed by atoms with Crippen molar-refractivity contribution in [3.05, 3.63) is 53.6 Å². The van der Waals surface area contributed by atoms with Gasteiger partial charge in [0.05, 0.1) is 4.90 Å². The minimum atomic E-state index is -3.71. The van der Waals surface area contributed by atoms with E-state index < -0.39 is 10.0 Å². The zero-order chi connectivity index (χ0) is 16.2. The van der Waals surface area contributed by atoms with Crippen LogP contribution in [0.5, 0.6) is 0 Å². The first-order chi connectivity index (χ1) is 10.4. The highest BCUT2D eigenvalue weighted by atomic mass is 32.2. The van der Waals surface area contributed by atoms with Gasteiger partial charge in [0.1, 0.15) is 12.0 Å². The van der Waals surface area contributed by atoms with E-state index in [0.29, 0.717) is 5.69 Å².